The van der Waals surface area contributed by atoms with E-state index < -0.39 is 15.9 Å². The first kappa shape index (κ1) is 19.9. The second-order valence-corrected chi connectivity index (χ2v) is 8.74. The van der Waals surface area contributed by atoms with E-state index in [9.17, 15) is 13.2 Å². The molecule has 0 spiro atoms. The Morgan fingerprint density at radius 2 is 1.71 bits per heavy atom. The summed E-state index contributed by atoms with van der Waals surface area (Å²) in [4.78, 5) is 15.0. The average molecular weight is 401 g/mol. The average Bonchev–Trinajstić information content (AvgIpc) is 2.99. The number of rotatable bonds is 5. The molecule has 1 atom stereocenters. The second-order valence-electron chi connectivity index (χ2n) is 6.81. The van der Waals surface area contributed by atoms with Gasteiger partial charge in [-0.15, -0.1) is 0 Å². The third kappa shape index (κ3) is 4.04. The summed E-state index contributed by atoms with van der Waals surface area (Å²) >= 11 is 0. The summed E-state index contributed by atoms with van der Waals surface area (Å²) < 4.78 is 34.6. The lowest BCUT2D eigenvalue weighted by Gasteiger charge is -2.29. The van der Waals surface area contributed by atoms with Crippen LogP contribution in [0.2, 0.25) is 0 Å². The minimum Gasteiger partial charge on any atom is -0.497 e. The van der Waals surface area contributed by atoms with E-state index in [4.69, 9.17) is 9.47 Å². The summed E-state index contributed by atoms with van der Waals surface area (Å²) in [5, 5.41) is 1.17. The van der Waals surface area contributed by atoms with Crippen LogP contribution in [0.5, 0.6) is 11.5 Å². The van der Waals surface area contributed by atoms with Crippen LogP contribution < -0.4 is 14.4 Å². The van der Waals surface area contributed by atoms with Gasteiger partial charge in [-0.25, -0.2) is 8.42 Å². The van der Waals surface area contributed by atoms with Crippen LogP contribution in [-0.4, -0.2) is 40.3 Å². The van der Waals surface area contributed by atoms with E-state index in [1.165, 1.54) is 24.5 Å². The molecule has 7 heteroatoms. The van der Waals surface area contributed by atoms with Crippen molar-refractivity contribution in [1.29, 1.82) is 0 Å². The Hall–Kier alpha value is -2.80. The lowest BCUT2D eigenvalue weighted by Crippen LogP contribution is -2.41. The van der Waals surface area contributed by atoms with Crippen LogP contribution in [0.25, 0.3) is 0 Å². The molecule has 0 aliphatic carbocycles. The minimum atomic E-state index is -3.34. The van der Waals surface area contributed by atoms with Crippen LogP contribution in [0, 0.1) is 13.8 Å². The van der Waals surface area contributed by atoms with Gasteiger partial charge in [0.1, 0.15) is 11.5 Å². The number of nitrogens with zero attached hydrogens (tertiary/aromatic N) is 1. The van der Waals surface area contributed by atoms with Crippen molar-refractivity contribution in [2.45, 2.75) is 19.9 Å². The highest BCUT2D eigenvalue weighted by molar-refractivity contribution is 7.94. The van der Waals surface area contributed by atoms with Crippen molar-refractivity contribution in [3.05, 3.63) is 64.6 Å². The number of amides is 1. The number of methoxy groups -OCH3 is 2. The number of carbonyl (C=O) groups is 1. The van der Waals surface area contributed by atoms with Crippen LogP contribution in [0.1, 0.15) is 21.5 Å². The highest BCUT2D eigenvalue weighted by Crippen LogP contribution is 2.31. The molecule has 28 heavy (non-hydrogen) atoms. The number of carbonyl (C=O) groups excluding carboxylic acids is 1. The predicted octanol–water partition coefficient (Wildman–Crippen LogP) is 3.28. The Morgan fingerprint density at radius 1 is 1.04 bits per heavy atom. The van der Waals surface area contributed by atoms with Crippen LogP contribution >= 0.6 is 0 Å². The smallest absolute Gasteiger partial charge is 0.262 e. The molecule has 148 valence electrons. The lowest BCUT2D eigenvalue weighted by atomic mass is 10.1. The van der Waals surface area contributed by atoms with Crippen LogP contribution in [0.4, 0.5) is 5.69 Å². The third-order valence-electron chi connectivity index (χ3n) is 4.59. The van der Waals surface area contributed by atoms with Gasteiger partial charge in [0.25, 0.3) is 5.91 Å². The Labute approximate surface area is 165 Å². The normalized spacial score (nSPS) is 17.4. The monoisotopic (exact) mass is 401 g/mol. The van der Waals surface area contributed by atoms with E-state index in [1.807, 2.05) is 32.0 Å². The summed E-state index contributed by atoms with van der Waals surface area (Å²) in [6.45, 7) is 3.88. The molecule has 0 N–H and O–H groups in total. The summed E-state index contributed by atoms with van der Waals surface area (Å²) in [5.41, 5.74) is 2.95. The molecule has 0 saturated carbocycles. The van der Waals surface area contributed by atoms with Gasteiger partial charge in [-0.05, 0) is 55.3 Å². The fourth-order valence-electron chi connectivity index (χ4n) is 3.37. The van der Waals surface area contributed by atoms with Crippen molar-refractivity contribution in [1.82, 2.24) is 0 Å². The quantitative estimate of drug-likeness (QED) is 0.769. The van der Waals surface area contributed by atoms with Crippen molar-refractivity contribution in [3.63, 3.8) is 0 Å². The Morgan fingerprint density at radius 3 is 2.25 bits per heavy atom. The second kappa shape index (κ2) is 7.67. The third-order valence-corrected chi connectivity index (χ3v) is 5.96. The van der Waals surface area contributed by atoms with Gasteiger partial charge in [0.2, 0.25) is 0 Å². The molecule has 0 bridgehead atoms. The molecule has 1 aliphatic heterocycles. The first-order valence-electron chi connectivity index (χ1n) is 8.79. The maximum absolute atomic E-state index is 13.5. The molecule has 1 heterocycles. The zero-order chi connectivity index (χ0) is 20.5. The largest absolute Gasteiger partial charge is 0.497 e. The van der Waals surface area contributed by atoms with Crippen molar-refractivity contribution in [3.8, 4) is 11.5 Å². The topological polar surface area (TPSA) is 72.9 Å². The number of hydrogen-bond acceptors (Lipinski definition) is 5. The van der Waals surface area contributed by atoms with E-state index >= 15 is 0 Å². The van der Waals surface area contributed by atoms with Gasteiger partial charge in [0.15, 0.2) is 9.84 Å². The van der Waals surface area contributed by atoms with Gasteiger partial charge in [0.05, 0.1) is 31.6 Å². The standard InChI is InChI=1S/C21H23NO5S/c1-14-9-15(2)11-17(10-14)22(16-7-8-28(24,25)13-16)21(23)19-6-5-18(26-3)12-20(19)27-4/h5-12,16H,13H2,1-4H3/t16-/m1/s1. The van der Waals surface area contributed by atoms with E-state index in [0.29, 0.717) is 22.7 Å². The van der Waals surface area contributed by atoms with Gasteiger partial charge in [-0.1, -0.05) is 6.07 Å². The lowest BCUT2D eigenvalue weighted by molar-refractivity contribution is 0.0980. The summed E-state index contributed by atoms with van der Waals surface area (Å²) in [6, 6.07) is 10.1. The van der Waals surface area contributed by atoms with Crippen LogP contribution in [0.15, 0.2) is 47.9 Å². The number of sulfone groups is 1. The van der Waals surface area contributed by atoms with Crippen molar-refractivity contribution >= 4 is 21.4 Å². The molecule has 0 unspecified atom stereocenters. The van der Waals surface area contributed by atoms with Gasteiger partial charge >= 0.3 is 0 Å². The van der Waals surface area contributed by atoms with Crippen molar-refractivity contribution < 1.29 is 22.7 Å². The van der Waals surface area contributed by atoms with Gasteiger partial charge in [-0.3, -0.25) is 4.79 Å². The molecule has 0 fully saturated rings. The number of benzene rings is 2. The molecular weight excluding hydrogens is 378 g/mol. The zero-order valence-electron chi connectivity index (χ0n) is 16.3. The molecule has 2 aromatic rings. The molecule has 3 rings (SSSR count). The highest BCUT2D eigenvalue weighted by atomic mass is 32.2. The Balaban J connectivity index is 2.11. The van der Waals surface area contributed by atoms with Gasteiger partial charge in [-0.2, -0.15) is 0 Å². The SMILES string of the molecule is COc1ccc(C(=O)N(c2cc(C)cc(C)c2)[C@@H]2C=CS(=O)(=O)C2)c(OC)c1. The number of anilines is 1. The van der Waals surface area contributed by atoms with Crippen molar-refractivity contribution in [2.75, 3.05) is 24.9 Å². The maximum Gasteiger partial charge on any atom is 0.262 e. The molecular formula is C21H23NO5S. The number of hydrogen-bond donors (Lipinski definition) is 0. The fraction of sp³-hybridized carbons (Fsp3) is 0.286. The Kier molecular flexibility index (Phi) is 5.47. The molecule has 0 saturated heterocycles. The van der Waals surface area contributed by atoms with Crippen molar-refractivity contribution in [2.24, 2.45) is 0 Å². The molecule has 6 nitrogen and oxygen atoms in total. The maximum atomic E-state index is 13.5. The Bertz CT molecular complexity index is 1020. The predicted molar refractivity (Wildman–Crippen MR) is 109 cm³/mol. The molecule has 1 amide bonds. The fourth-order valence-corrected chi connectivity index (χ4v) is 4.64. The summed E-state index contributed by atoms with van der Waals surface area (Å²) in [7, 11) is -0.324. The summed E-state index contributed by atoms with van der Waals surface area (Å²) in [6.07, 6.45) is 1.56. The van der Waals surface area contributed by atoms with Gasteiger partial charge in [0, 0.05) is 17.2 Å². The van der Waals surface area contributed by atoms with Crippen LogP contribution in [0.3, 0.4) is 0 Å². The summed E-state index contributed by atoms with van der Waals surface area (Å²) in [5.74, 6) is 0.444. The van der Waals surface area contributed by atoms with E-state index in [0.717, 1.165) is 11.1 Å². The number of aryl methyl sites for hydroxylation is 2. The molecule has 0 aromatic heterocycles. The molecule has 0 radical (unpaired) electrons. The molecule has 1 aliphatic rings. The zero-order valence-corrected chi connectivity index (χ0v) is 17.1. The highest BCUT2D eigenvalue weighted by Gasteiger charge is 2.33. The molecule has 2 aromatic carbocycles. The van der Waals surface area contributed by atoms with Gasteiger partial charge < -0.3 is 14.4 Å². The first-order valence-corrected chi connectivity index (χ1v) is 10.5. The van der Waals surface area contributed by atoms with Crippen LogP contribution in [-0.2, 0) is 9.84 Å². The number of ether oxygens (including phenoxy) is 2. The van der Waals surface area contributed by atoms with E-state index in [-0.39, 0.29) is 11.7 Å². The first-order chi connectivity index (χ1) is 13.2. The van der Waals surface area contributed by atoms with E-state index in [1.54, 1.807) is 24.3 Å². The minimum absolute atomic E-state index is 0.149. The van der Waals surface area contributed by atoms with E-state index in [2.05, 4.69) is 0 Å².